The van der Waals surface area contributed by atoms with E-state index in [1.54, 1.807) is 24.0 Å². The van der Waals surface area contributed by atoms with E-state index in [1.165, 1.54) is 6.07 Å². The number of benzene rings is 1. The van der Waals surface area contributed by atoms with Gasteiger partial charge < -0.3 is 15.0 Å². The van der Waals surface area contributed by atoms with E-state index in [0.717, 1.165) is 37.8 Å². The van der Waals surface area contributed by atoms with Crippen LogP contribution in [0.1, 0.15) is 38.2 Å². The standard InChI is InChI=1S/C21H30FN3O3/c1-2-28-21(27)25-11-8-19(9-12-25)23-20(26)17-6-4-10-24(15-17)14-16-5-3-7-18(22)13-16/h3,5,7,13,17,19H,2,4,6,8-12,14-15H2,1H3,(H,23,26). The molecule has 1 unspecified atom stereocenters. The fourth-order valence-corrected chi connectivity index (χ4v) is 4.05. The van der Waals surface area contributed by atoms with E-state index in [9.17, 15) is 14.0 Å². The Morgan fingerprint density at radius 2 is 2.00 bits per heavy atom. The third-order valence-electron chi connectivity index (χ3n) is 5.54. The molecule has 7 heteroatoms. The number of piperidine rings is 2. The first kappa shape index (κ1) is 20.6. The molecule has 3 rings (SSSR count). The number of nitrogens with one attached hydrogen (secondary N) is 1. The van der Waals surface area contributed by atoms with Gasteiger partial charge in [-0.25, -0.2) is 9.18 Å². The van der Waals surface area contributed by atoms with Crippen LogP contribution in [0.3, 0.4) is 0 Å². The molecule has 0 spiro atoms. The Labute approximate surface area is 166 Å². The van der Waals surface area contributed by atoms with Gasteiger partial charge in [-0.05, 0) is 56.8 Å². The van der Waals surface area contributed by atoms with Crippen LogP contribution in [-0.4, -0.2) is 60.6 Å². The normalized spacial score (nSPS) is 21.4. The number of nitrogens with zero attached hydrogens (tertiary/aromatic N) is 2. The number of halogens is 1. The average molecular weight is 391 g/mol. The molecule has 2 aliphatic heterocycles. The highest BCUT2D eigenvalue weighted by atomic mass is 19.1. The zero-order valence-corrected chi connectivity index (χ0v) is 16.5. The van der Waals surface area contributed by atoms with Crippen molar-refractivity contribution in [1.82, 2.24) is 15.1 Å². The molecule has 1 N–H and O–H groups in total. The predicted molar refractivity (Wildman–Crippen MR) is 104 cm³/mol. The minimum atomic E-state index is -0.271. The lowest BCUT2D eigenvalue weighted by Gasteiger charge is -2.35. The molecule has 2 saturated heterocycles. The first-order valence-electron chi connectivity index (χ1n) is 10.2. The van der Waals surface area contributed by atoms with Crippen LogP contribution < -0.4 is 5.32 Å². The van der Waals surface area contributed by atoms with Crippen molar-refractivity contribution in [2.45, 2.75) is 45.2 Å². The molecule has 2 fully saturated rings. The molecule has 0 bridgehead atoms. The second-order valence-electron chi connectivity index (χ2n) is 7.67. The van der Waals surface area contributed by atoms with Crippen LogP contribution in [0.5, 0.6) is 0 Å². The van der Waals surface area contributed by atoms with Gasteiger partial charge in [0, 0.05) is 32.2 Å². The number of carbonyl (C=O) groups excluding carboxylic acids is 2. The molecule has 1 aromatic carbocycles. The van der Waals surface area contributed by atoms with E-state index < -0.39 is 0 Å². The Balaban J connectivity index is 1.45. The number of hydrogen-bond acceptors (Lipinski definition) is 4. The van der Waals surface area contributed by atoms with Gasteiger partial charge in [-0.3, -0.25) is 9.69 Å². The number of carbonyl (C=O) groups is 2. The fourth-order valence-electron chi connectivity index (χ4n) is 4.05. The van der Waals surface area contributed by atoms with E-state index >= 15 is 0 Å². The number of hydrogen-bond donors (Lipinski definition) is 1. The van der Waals surface area contributed by atoms with Gasteiger partial charge in [0.25, 0.3) is 0 Å². The lowest BCUT2D eigenvalue weighted by atomic mass is 9.95. The monoisotopic (exact) mass is 391 g/mol. The molecule has 2 heterocycles. The maximum Gasteiger partial charge on any atom is 0.409 e. The summed E-state index contributed by atoms with van der Waals surface area (Å²) >= 11 is 0. The zero-order valence-electron chi connectivity index (χ0n) is 16.5. The summed E-state index contributed by atoms with van der Waals surface area (Å²) < 4.78 is 18.4. The summed E-state index contributed by atoms with van der Waals surface area (Å²) in [5.41, 5.74) is 0.937. The smallest absolute Gasteiger partial charge is 0.409 e. The summed E-state index contributed by atoms with van der Waals surface area (Å²) in [6.07, 6.45) is 3.09. The average Bonchev–Trinajstić information content (AvgIpc) is 2.69. The van der Waals surface area contributed by atoms with E-state index in [-0.39, 0.29) is 29.8 Å². The second-order valence-corrected chi connectivity index (χ2v) is 7.67. The Hall–Kier alpha value is -2.15. The van der Waals surface area contributed by atoms with E-state index in [4.69, 9.17) is 4.74 Å². The third kappa shape index (κ3) is 5.67. The molecular formula is C21H30FN3O3. The summed E-state index contributed by atoms with van der Waals surface area (Å²) in [6.45, 7) is 5.69. The zero-order chi connectivity index (χ0) is 19.9. The highest BCUT2D eigenvalue weighted by Crippen LogP contribution is 2.20. The predicted octanol–water partition coefficient (Wildman–Crippen LogP) is 2.77. The highest BCUT2D eigenvalue weighted by Gasteiger charge is 2.29. The van der Waals surface area contributed by atoms with Crippen molar-refractivity contribution in [3.63, 3.8) is 0 Å². The number of amides is 2. The van der Waals surface area contributed by atoms with Gasteiger partial charge >= 0.3 is 6.09 Å². The molecule has 6 nitrogen and oxygen atoms in total. The number of rotatable bonds is 5. The van der Waals surface area contributed by atoms with Crippen molar-refractivity contribution in [2.75, 3.05) is 32.8 Å². The minimum Gasteiger partial charge on any atom is -0.450 e. The molecule has 0 saturated carbocycles. The summed E-state index contributed by atoms with van der Waals surface area (Å²) in [7, 11) is 0. The molecule has 0 radical (unpaired) electrons. The molecule has 1 atom stereocenters. The maximum atomic E-state index is 13.4. The van der Waals surface area contributed by atoms with Gasteiger partial charge in [-0.1, -0.05) is 12.1 Å². The number of ether oxygens (including phenoxy) is 1. The molecule has 2 amide bonds. The van der Waals surface area contributed by atoms with E-state index in [0.29, 0.717) is 32.8 Å². The van der Waals surface area contributed by atoms with Gasteiger partial charge in [-0.15, -0.1) is 0 Å². The topological polar surface area (TPSA) is 61.9 Å². The van der Waals surface area contributed by atoms with Crippen molar-refractivity contribution in [3.8, 4) is 0 Å². The van der Waals surface area contributed by atoms with Crippen LogP contribution in [0.15, 0.2) is 24.3 Å². The maximum absolute atomic E-state index is 13.4. The van der Waals surface area contributed by atoms with Crippen LogP contribution in [0.25, 0.3) is 0 Å². The molecule has 0 aliphatic carbocycles. The molecule has 2 aliphatic rings. The van der Waals surface area contributed by atoms with Crippen molar-refractivity contribution >= 4 is 12.0 Å². The largest absolute Gasteiger partial charge is 0.450 e. The molecule has 154 valence electrons. The first-order chi connectivity index (χ1) is 13.5. The lowest BCUT2D eigenvalue weighted by Crippen LogP contribution is -2.50. The summed E-state index contributed by atoms with van der Waals surface area (Å²) in [5.74, 6) is -0.165. The molecule has 1 aromatic rings. The van der Waals surface area contributed by atoms with Crippen molar-refractivity contribution in [2.24, 2.45) is 5.92 Å². The van der Waals surface area contributed by atoms with Gasteiger partial charge in [0.05, 0.1) is 12.5 Å². The number of likely N-dealkylation sites (tertiary alicyclic amines) is 2. The SMILES string of the molecule is CCOC(=O)N1CCC(NC(=O)C2CCCN(Cc3cccc(F)c3)C2)CC1. The van der Waals surface area contributed by atoms with Gasteiger partial charge in [0.1, 0.15) is 5.82 Å². The summed E-state index contributed by atoms with van der Waals surface area (Å²) in [4.78, 5) is 28.4. The van der Waals surface area contributed by atoms with Crippen LogP contribution in [-0.2, 0) is 16.1 Å². The molecule has 28 heavy (non-hydrogen) atoms. The lowest BCUT2D eigenvalue weighted by molar-refractivity contribution is -0.127. The fraction of sp³-hybridized carbons (Fsp3) is 0.619. The minimum absolute atomic E-state index is 0.0367. The van der Waals surface area contributed by atoms with Crippen LogP contribution >= 0.6 is 0 Å². The van der Waals surface area contributed by atoms with Gasteiger partial charge in [0.15, 0.2) is 0 Å². The Bertz CT molecular complexity index is 677. The van der Waals surface area contributed by atoms with E-state index in [1.807, 2.05) is 6.07 Å². The first-order valence-corrected chi connectivity index (χ1v) is 10.2. The second kappa shape index (κ2) is 9.87. The quantitative estimate of drug-likeness (QED) is 0.838. The van der Waals surface area contributed by atoms with Crippen LogP contribution in [0.2, 0.25) is 0 Å². The van der Waals surface area contributed by atoms with Crippen LogP contribution in [0.4, 0.5) is 9.18 Å². The Kier molecular flexibility index (Phi) is 7.25. The van der Waals surface area contributed by atoms with Gasteiger partial charge in [-0.2, -0.15) is 0 Å². The van der Waals surface area contributed by atoms with Gasteiger partial charge in [0.2, 0.25) is 5.91 Å². The van der Waals surface area contributed by atoms with Crippen molar-refractivity contribution < 1.29 is 18.7 Å². The Morgan fingerprint density at radius 3 is 2.71 bits per heavy atom. The summed E-state index contributed by atoms with van der Waals surface area (Å²) in [6, 6.07) is 6.76. The van der Waals surface area contributed by atoms with Crippen molar-refractivity contribution in [1.29, 1.82) is 0 Å². The molecule has 0 aromatic heterocycles. The molecular weight excluding hydrogens is 361 g/mol. The third-order valence-corrected chi connectivity index (χ3v) is 5.54. The van der Waals surface area contributed by atoms with Crippen LogP contribution in [0, 0.1) is 11.7 Å². The Morgan fingerprint density at radius 1 is 1.21 bits per heavy atom. The summed E-state index contributed by atoms with van der Waals surface area (Å²) in [5, 5.41) is 3.17. The van der Waals surface area contributed by atoms with E-state index in [2.05, 4.69) is 10.2 Å². The highest BCUT2D eigenvalue weighted by molar-refractivity contribution is 5.79. The van der Waals surface area contributed by atoms with Crippen molar-refractivity contribution in [3.05, 3.63) is 35.6 Å².